The second-order valence-corrected chi connectivity index (χ2v) is 3.74. The van der Waals surface area contributed by atoms with E-state index >= 15 is 0 Å². The van der Waals surface area contributed by atoms with Crippen LogP contribution in [0.1, 0.15) is 39.5 Å². The molecule has 0 aromatic carbocycles. The van der Waals surface area contributed by atoms with Crippen LogP contribution in [0.25, 0.3) is 0 Å². The van der Waals surface area contributed by atoms with E-state index in [9.17, 15) is 4.79 Å². The Hall–Kier alpha value is -0.590. The maximum Gasteiger partial charge on any atom is 0.143 e. The monoisotopic (exact) mass is 166 g/mol. The van der Waals surface area contributed by atoms with Crippen molar-refractivity contribution in [3.8, 4) is 0 Å². The number of carbonyl (C=O) groups is 1. The van der Waals surface area contributed by atoms with Crippen LogP contribution >= 0.6 is 0 Å². The minimum absolute atomic E-state index is 0.233. The second-order valence-electron chi connectivity index (χ2n) is 3.74. The van der Waals surface area contributed by atoms with Gasteiger partial charge in [0, 0.05) is 12.3 Å². The number of allylic oxidation sites excluding steroid dienone is 2. The van der Waals surface area contributed by atoms with Crippen molar-refractivity contribution in [3.63, 3.8) is 0 Å². The van der Waals surface area contributed by atoms with E-state index in [1.807, 2.05) is 6.08 Å². The van der Waals surface area contributed by atoms with Gasteiger partial charge in [0.2, 0.25) is 0 Å². The van der Waals surface area contributed by atoms with Gasteiger partial charge < -0.3 is 0 Å². The van der Waals surface area contributed by atoms with E-state index in [4.69, 9.17) is 0 Å². The number of unbranched alkanes of at least 4 members (excludes halogenated alkanes) is 1. The Morgan fingerprint density at radius 2 is 2.42 bits per heavy atom. The first-order chi connectivity index (χ1) is 5.75. The molecule has 0 heterocycles. The molecule has 1 nitrogen and oxygen atoms in total. The van der Waals surface area contributed by atoms with Gasteiger partial charge >= 0.3 is 0 Å². The summed E-state index contributed by atoms with van der Waals surface area (Å²) < 4.78 is 0. The van der Waals surface area contributed by atoms with Crippen LogP contribution in [-0.4, -0.2) is 5.78 Å². The first-order valence-electron chi connectivity index (χ1n) is 4.95. The molecule has 2 unspecified atom stereocenters. The second kappa shape index (κ2) is 4.44. The Balaban J connectivity index is 2.35. The van der Waals surface area contributed by atoms with E-state index in [0.29, 0.717) is 18.1 Å². The molecule has 1 aliphatic rings. The highest BCUT2D eigenvalue weighted by atomic mass is 16.1. The number of hydrogen-bond acceptors (Lipinski definition) is 1. The lowest BCUT2D eigenvalue weighted by Crippen LogP contribution is -2.15. The van der Waals surface area contributed by atoms with Crippen molar-refractivity contribution in [3.05, 3.63) is 12.2 Å². The quantitative estimate of drug-likeness (QED) is 0.587. The Kier molecular flexibility index (Phi) is 3.51. The molecule has 0 radical (unpaired) electrons. The molecule has 0 saturated heterocycles. The van der Waals surface area contributed by atoms with E-state index in [2.05, 4.69) is 19.9 Å². The van der Waals surface area contributed by atoms with Gasteiger partial charge in [0.05, 0.1) is 0 Å². The summed E-state index contributed by atoms with van der Waals surface area (Å²) in [5, 5.41) is 0. The van der Waals surface area contributed by atoms with Crippen molar-refractivity contribution in [2.75, 3.05) is 0 Å². The van der Waals surface area contributed by atoms with E-state index < -0.39 is 0 Å². The van der Waals surface area contributed by atoms with Crippen LogP contribution in [-0.2, 0) is 4.79 Å². The third-order valence-corrected chi connectivity index (χ3v) is 2.66. The highest BCUT2D eigenvalue weighted by molar-refractivity contribution is 5.86. The number of hydrogen-bond donors (Lipinski definition) is 0. The summed E-state index contributed by atoms with van der Waals surface area (Å²) in [5.74, 6) is 1.20. The Morgan fingerprint density at radius 1 is 1.67 bits per heavy atom. The first-order valence-corrected chi connectivity index (χ1v) is 4.95. The zero-order valence-corrected chi connectivity index (χ0v) is 8.05. The molecule has 0 aromatic rings. The van der Waals surface area contributed by atoms with Gasteiger partial charge in [0.15, 0.2) is 0 Å². The standard InChI is InChI=1S/C11H18O/c1-3-4-6-9(2)10-7-5-8-11(10)12/h5,7,9-10H,3-4,6,8H2,1-2H3. The van der Waals surface area contributed by atoms with Gasteiger partial charge in [-0.05, 0) is 12.3 Å². The average Bonchev–Trinajstić information content (AvgIpc) is 2.47. The summed E-state index contributed by atoms with van der Waals surface area (Å²) in [5.41, 5.74) is 0. The predicted octanol–water partition coefficient (Wildman–Crippen LogP) is 2.96. The molecule has 0 fully saturated rings. The number of Topliss-reactive ketones (excluding diaryl/α,β-unsaturated/α-hetero) is 1. The van der Waals surface area contributed by atoms with Crippen LogP contribution in [0, 0.1) is 11.8 Å². The molecule has 12 heavy (non-hydrogen) atoms. The predicted molar refractivity (Wildman–Crippen MR) is 50.9 cm³/mol. The lowest BCUT2D eigenvalue weighted by Gasteiger charge is -2.15. The van der Waals surface area contributed by atoms with Crippen LogP contribution in [0.4, 0.5) is 0 Å². The highest BCUT2D eigenvalue weighted by Crippen LogP contribution is 2.25. The summed E-state index contributed by atoms with van der Waals surface area (Å²) in [6.07, 6.45) is 8.43. The van der Waals surface area contributed by atoms with Gasteiger partial charge in [-0.2, -0.15) is 0 Å². The summed E-state index contributed by atoms with van der Waals surface area (Å²) in [7, 11) is 0. The van der Waals surface area contributed by atoms with Crippen molar-refractivity contribution in [2.24, 2.45) is 11.8 Å². The summed E-state index contributed by atoms with van der Waals surface area (Å²) >= 11 is 0. The summed E-state index contributed by atoms with van der Waals surface area (Å²) in [4.78, 5) is 11.3. The number of rotatable bonds is 4. The van der Waals surface area contributed by atoms with Crippen LogP contribution in [0.5, 0.6) is 0 Å². The fourth-order valence-electron chi connectivity index (χ4n) is 1.79. The molecule has 1 aliphatic carbocycles. The molecule has 0 spiro atoms. The zero-order valence-electron chi connectivity index (χ0n) is 8.05. The summed E-state index contributed by atoms with van der Waals surface area (Å²) in [6.45, 7) is 4.38. The fourth-order valence-corrected chi connectivity index (χ4v) is 1.79. The largest absolute Gasteiger partial charge is 0.299 e. The SMILES string of the molecule is CCCCC(C)C1C=CCC1=O. The minimum atomic E-state index is 0.233. The van der Waals surface area contributed by atoms with E-state index in [1.54, 1.807) is 0 Å². The van der Waals surface area contributed by atoms with Crippen molar-refractivity contribution in [1.29, 1.82) is 0 Å². The van der Waals surface area contributed by atoms with Crippen molar-refractivity contribution >= 4 is 5.78 Å². The highest BCUT2D eigenvalue weighted by Gasteiger charge is 2.24. The van der Waals surface area contributed by atoms with Gasteiger partial charge in [-0.1, -0.05) is 38.8 Å². The molecular weight excluding hydrogens is 148 g/mol. The Bertz CT molecular complexity index is 181. The number of carbonyl (C=O) groups excluding carboxylic acids is 1. The molecule has 0 saturated carbocycles. The molecule has 1 rings (SSSR count). The maximum atomic E-state index is 11.3. The van der Waals surface area contributed by atoms with Gasteiger partial charge in [-0.15, -0.1) is 0 Å². The lowest BCUT2D eigenvalue weighted by atomic mass is 9.88. The molecule has 0 amide bonds. The van der Waals surface area contributed by atoms with E-state index in [-0.39, 0.29) is 5.92 Å². The minimum Gasteiger partial charge on any atom is -0.299 e. The molecule has 1 heteroatoms. The third-order valence-electron chi connectivity index (χ3n) is 2.66. The molecule has 0 bridgehead atoms. The van der Waals surface area contributed by atoms with Crippen LogP contribution in [0.15, 0.2) is 12.2 Å². The molecule has 0 aromatic heterocycles. The molecule has 0 N–H and O–H groups in total. The fraction of sp³-hybridized carbons (Fsp3) is 0.727. The van der Waals surface area contributed by atoms with Crippen molar-refractivity contribution < 1.29 is 4.79 Å². The number of ketones is 1. The van der Waals surface area contributed by atoms with Crippen molar-refractivity contribution in [1.82, 2.24) is 0 Å². The summed E-state index contributed by atoms with van der Waals surface area (Å²) in [6, 6.07) is 0. The topological polar surface area (TPSA) is 17.1 Å². The van der Waals surface area contributed by atoms with Gasteiger partial charge in [0.25, 0.3) is 0 Å². The maximum absolute atomic E-state index is 11.3. The van der Waals surface area contributed by atoms with Gasteiger partial charge in [-0.3, -0.25) is 4.79 Å². The average molecular weight is 166 g/mol. The Labute approximate surface area is 74.9 Å². The normalized spacial score (nSPS) is 24.8. The molecule has 68 valence electrons. The van der Waals surface area contributed by atoms with Crippen LogP contribution in [0.3, 0.4) is 0 Å². The van der Waals surface area contributed by atoms with Crippen molar-refractivity contribution in [2.45, 2.75) is 39.5 Å². The molecular formula is C11H18O. The molecule has 0 aliphatic heterocycles. The first kappa shape index (κ1) is 9.50. The van der Waals surface area contributed by atoms with E-state index in [1.165, 1.54) is 19.3 Å². The van der Waals surface area contributed by atoms with Crippen LogP contribution in [0.2, 0.25) is 0 Å². The third kappa shape index (κ3) is 2.20. The lowest BCUT2D eigenvalue weighted by molar-refractivity contribution is -0.121. The van der Waals surface area contributed by atoms with Gasteiger partial charge in [-0.25, -0.2) is 0 Å². The Morgan fingerprint density at radius 3 is 2.92 bits per heavy atom. The van der Waals surface area contributed by atoms with Crippen LogP contribution < -0.4 is 0 Å². The van der Waals surface area contributed by atoms with E-state index in [0.717, 1.165) is 0 Å². The van der Waals surface area contributed by atoms with Gasteiger partial charge in [0.1, 0.15) is 5.78 Å². The smallest absolute Gasteiger partial charge is 0.143 e. The molecule has 2 atom stereocenters. The zero-order chi connectivity index (χ0) is 8.97.